The Morgan fingerprint density at radius 1 is 1.25 bits per heavy atom. The van der Waals surface area contributed by atoms with Crippen LogP contribution in [0.4, 0.5) is 0 Å². The number of allylic oxidation sites excluding steroid dienone is 2. The zero-order valence-electron chi connectivity index (χ0n) is 17.7. The van der Waals surface area contributed by atoms with Gasteiger partial charge in [0.25, 0.3) is 0 Å². The molecule has 0 aromatic carbocycles. The second kappa shape index (κ2) is 11.4. The fraction of sp³-hybridized carbons (Fsp3) is 0.870. The molecular weight excluding hydrogens is 356 g/mol. The minimum atomic E-state index is -2.41. The average Bonchev–Trinajstić information content (AvgIpc) is 3.24. The van der Waals surface area contributed by atoms with E-state index in [0.717, 1.165) is 25.2 Å². The Kier molecular flexibility index (Phi) is 9.61. The number of ketones is 1. The summed E-state index contributed by atoms with van der Waals surface area (Å²) in [6.07, 6.45) is 16.1. The van der Waals surface area contributed by atoms with Gasteiger partial charge in [-0.05, 0) is 56.3 Å². The van der Waals surface area contributed by atoms with Gasteiger partial charge in [0, 0.05) is 6.42 Å². The Balaban J connectivity index is 1.74. The highest BCUT2D eigenvalue weighted by Crippen LogP contribution is 2.45. The van der Waals surface area contributed by atoms with Crippen LogP contribution in [0.3, 0.4) is 0 Å². The molecule has 0 radical (unpaired) electrons. The summed E-state index contributed by atoms with van der Waals surface area (Å²) >= 11 is 0. The van der Waals surface area contributed by atoms with E-state index in [1.54, 1.807) is 0 Å². The van der Waals surface area contributed by atoms with Crippen LogP contribution in [-0.2, 0) is 9.53 Å². The van der Waals surface area contributed by atoms with Crippen LogP contribution in [0.2, 0.25) is 0 Å². The van der Waals surface area contributed by atoms with E-state index in [1.165, 1.54) is 38.5 Å². The molecule has 5 heteroatoms. The third kappa shape index (κ3) is 6.65. The summed E-state index contributed by atoms with van der Waals surface area (Å²) in [5.74, 6) is -1.37. The molecule has 2 fully saturated rings. The summed E-state index contributed by atoms with van der Waals surface area (Å²) in [5.41, 5.74) is 0. The summed E-state index contributed by atoms with van der Waals surface area (Å²) in [4.78, 5) is 11.3. The zero-order valence-corrected chi connectivity index (χ0v) is 17.7. The van der Waals surface area contributed by atoms with Crippen molar-refractivity contribution in [3.05, 3.63) is 12.2 Å². The van der Waals surface area contributed by atoms with E-state index in [9.17, 15) is 15.0 Å². The highest BCUT2D eigenvalue weighted by atomic mass is 16.5. The maximum atomic E-state index is 11.3. The van der Waals surface area contributed by atoms with Gasteiger partial charge >= 0.3 is 0 Å². The molecule has 0 spiro atoms. The molecular formula is C23H40O5. The molecule has 28 heavy (non-hydrogen) atoms. The largest absolute Gasteiger partial charge is 0.388 e. The first-order valence-corrected chi connectivity index (χ1v) is 11.3. The van der Waals surface area contributed by atoms with E-state index in [0.29, 0.717) is 24.4 Å². The van der Waals surface area contributed by atoms with E-state index in [2.05, 4.69) is 26.0 Å². The van der Waals surface area contributed by atoms with E-state index in [1.807, 2.05) is 0 Å². The Hall–Kier alpha value is -0.750. The maximum absolute atomic E-state index is 11.3. The number of ether oxygens (including phenoxy) is 1. The van der Waals surface area contributed by atoms with Crippen molar-refractivity contribution < 1.29 is 24.9 Å². The highest BCUT2D eigenvalue weighted by Gasteiger charge is 2.43. The normalized spacial score (nSPS) is 28.8. The van der Waals surface area contributed by atoms with Crippen LogP contribution in [0, 0.1) is 17.8 Å². The standard InChI is InChI=1S/C23H40O5/c1-3-5-8-17(4-2)9-6-10-18-12-13-21-20(18)15-19(28-21)11-7-14-23(26,27)22(25)16-24/h6,10,17-21,24,26-27H,3-5,7-9,11-16H2,1-2H3/t17-,18+,19+,20-,21-/m1/s1. The van der Waals surface area contributed by atoms with Gasteiger partial charge in [0.15, 0.2) is 0 Å². The van der Waals surface area contributed by atoms with Gasteiger partial charge < -0.3 is 20.1 Å². The molecule has 1 saturated heterocycles. The summed E-state index contributed by atoms with van der Waals surface area (Å²) in [6, 6.07) is 0. The Labute approximate surface area is 170 Å². The molecule has 1 aliphatic heterocycles. The number of aliphatic hydroxyl groups is 3. The number of hydrogen-bond acceptors (Lipinski definition) is 5. The quantitative estimate of drug-likeness (QED) is 0.326. The number of Topliss-reactive ketones (excluding diaryl/α,β-unsaturated/α-hetero) is 1. The van der Waals surface area contributed by atoms with Crippen molar-refractivity contribution in [3.63, 3.8) is 0 Å². The first-order valence-electron chi connectivity index (χ1n) is 11.3. The van der Waals surface area contributed by atoms with E-state index in [-0.39, 0.29) is 12.5 Å². The third-order valence-electron chi connectivity index (χ3n) is 6.75. The number of carbonyl (C=O) groups excluding carboxylic acids is 1. The van der Waals surface area contributed by atoms with Crippen LogP contribution in [0.1, 0.15) is 84.5 Å². The summed E-state index contributed by atoms with van der Waals surface area (Å²) in [7, 11) is 0. The van der Waals surface area contributed by atoms with Crippen LogP contribution in [-0.4, -0.2) is 45.7 Å². The monoisotopic (exact) mass is 396 g/mol. The van der Waals surface area contributed by atoms with Gasteiger partial charge in [-0.1, -0.05) is 51.7 Å². The van der Waals surface area contributed by atoms with Gasteiger partial charge in [-0.25, -0.2) is 0 Å². The van der Waals surface area contributed by atoms with Gasteiger partial charge in [0.05, 0.1) is 12.2 Å². The number of aliphatic hydroxyl groups excluding tert-OH is 1. The van der Waals surface area contributed by atoms with Crippen molar-refractivity contribution in [2.45, 2.75) is 102 Å². The van der Waals surface area contributed by atoms with Gasteiger partial charge in [0.2, 0.25) is 11.6 Å². The van der Waals surface area contributed by atoms with Crippen molar-refractivity contribution in [1.29, 1.82) is 0 Å². The molecule has 0 unspecified atom stereocenters. The lowest BCUT2D eigenvalue weighted by molar-refractivity contribution is -0.188. The first kappa shape index (κ1) is 23.5. The van der Waals surface area contributed by atoms with Crippen molar-refractivity contribution in [3.8, 4) is 0 Å². The minimum absolute atomic E-state index is 0.0545. The molecule has 5 atom stereocenters. The topological polar surface area (TPSA) is 87.0 Å². The zero-order chi connectivity index (χ0) is 20.6. The highest BCUT2D eigenvalue weighted by molar-refractivity contribution is 5.86. The molecule has 0 amide bonds. The lowest BCUT2D eigenvalue weighted by Crippen LogP contribution is -2.40. The van der Waals surface area contributed by atoms with Crippen molar-refractivity contribution in [1.82, 2.24) is 0 Å². The number of unbranched alkanes of at least 4 members (excludes halogenated alkanes) is 1. The second-order valence-electron chi connectivity index (χ2n) is 8.81. The predicted molar refractivity (Wildman–Crippen MR) is 110 cm³/mol. The molecule has 2 rings (SSSR count). The molecule has 0 bridgehead atoms. The number of carbonyl (C=O) groups is 1. The van der Waals surface area contributed by atoms with E-state index in [4.69, 9.17) is 9.84 Å². The lowest BCUT2D eigenvalue weighted by atomic mass is 9.88. The van der Waals surface area contributed by atoms with Crippen molar-refractivity contribution in [2.75, 3.05) is 6.61 Å². The predicted octanol–water partition coefficient (Wildman–Crippen LogP) is 3.75. The van der Waals surface area contributed by atoms with Crippen LogP contribution in [0.5, 0.6) is 0 Å². The fourth-order valence-electron chi connectivity index (χ4n) is 4.86. The second-order valence-corrected chi connectivity index (χ2v) is 8.81. The molecule has 1 saturated carbocycles. The Morgan fingerprint density at radius 3 is 2.71 bits per heavy atom. The molecule has 2 aliphatic rings. The minimum Gasteiger partial charge on any atom is -0.388 e. The van der Waals surface area contributed by atoms with Crippen molar-refractivity contribution in [2.24, 2.45) is 17.8 Å². The lowest BCUT2D eigenvalue weighted by Gasteiger charge is -2.20. The third-order valence-corrected chi connectivity index (χ3v) is 6.75. The van der Waals surface area contributed by atoms with E-state index < -0.39 is 18.2 Å². The summed E-state index contributed by atoms with van der Waals surface area (Å²) in [6.45, 7) is 3.70. The molecule has 1 heterocycles. The first-order chi connectivity index (χ1) is 13.4. The molecule has 3 N–H and O–H groups in total. The molecule has 1 aliphatic carbocycles. The van der Waals surface area contributed by atoms with Crippen LogP contribution in [0.15, 0.2) is 12.2 Å². The summed E-state index contributed by atoms with van der Waals surface area (Å²) < 4.78 is 6.19. The average molecular weight is 397 g/mol. The summed E-state index contributed by atoms with van der Waals surface area (Å²) in [5, 5.41) is 28.1. The SMILES string of the molecule is CCCC[C@@H](CC)CC=C[C@H]1CC[C@H]2O[C@@H](CCCC(O)(O)C(=O)CO)C[C@H]12. The number of hydrogen-bond donors (Lipinski definition) is 3. The van der Waals surface area contributed by atoms with Gasteiger partial charge in [0.1, 0.15) is 6.61 Å². The van der Waals surface area contributed by atoms with Crippen LogP contribution in [0.25, 0.3) is 0 Å². The Bertz CT molecular complexity index is 501. The molecule has 0 aromatic rings. The van der Waals surface area contributed by atoms with Crippen LogP contribution >= 0.6 is 0 Å². The van der Waals surface area contributed by atoms with Gasteiger partial charge in [-0.2, -0.15) is 0 Å². The fourth-order valence-corrected chi connectivity index (χ4v) is 4.86. The van der Waals surface area contributed by atoms with Gasteiger partial charge in [-0.3, -0.25) is 4.79 Å². The van der Waals surface area contributed by atoms with E-state index >= 15 is 0 Å². The molecule has 0 aromatic heterocycles. The Morgan fingerprint density at radius 2 is 2.04 bits per heavy atom. The number of fused-ring (bicyclic) bond motifs is 1. The molecule has 162 valence electrons. The number of rotatable bonds is 13. The molecule has 5 nitrogen and oxygen atoms in total. The maximum Gasteiger partial charge on any atom is 0.226 e. The smallest absolute Gasteiger partial charge is 0.226 e. The van der Waals surface area contributed by atoms with Crippen LogP contribution < -0.4 is 0 Å². The van der Waals surface area contributed by atoms with Crippen molar-refractivity contribution >= 4 is 5.78 Å². The van der Waals surface area contributed by atoms with Gasteiger partial charge in [-0.15, -0.1) is 0 Å².